The van der Waals surface area contributed by atoms with Crippen LogP contribution in [-0.2, 0) is 20.8 Å². The van der Waals surface area contributed by atoms with Gasteiger partial charge in [0.2, 0.25) is 11.8 Å². The molecule has 1 aromatic rings. The van der Waals surface area contributed by atoms with E-state index in [1.165, 1.54) is 11.8 Å². The number of carboxylic acid groups (broad SMARTS) is 1. The minimum absolute atomic E-state index is 0.0182. The predicted molar refractivity (Wildman–Crippen MR) is 91.4 cm³/mol. The molecule has 6 heteroatoms. The van der Waals surface area contributed by atoms with Crippen LogP contribution in [0.15, 0.2) is 30.3 Å². The third-order valence-electron chi connectivity index (χ3n) is 3.94. The zero-order valence-corrected chi connectivity index (χ0v) is 14.5. The first-order valence-corrected chi connectivity index (χ1v) is 8.02. The number of nitrogens with one attached hydrogen (secondary N) is 1. The van der Waals surface area contributed by atoms with Gasteiger partial charge in [0.05, 0.1) is 12.0 Å². The Morgan fingerprint density at radius 2 is 1.79 bits per heavy atom. The van der Waals surface area contributed by atoms with Crippen LogP contribution in [0.5, 0.6) is 0 Å². The van der Waals surface area contributed by atoms with E-state index in [1.54, 1.807) is 13.8 Å². The van der Waals surface area contributed by atoms with Crippen molar-refractivity contribution >= 4 is 17.8 Å². The van der Waals surface area contributed by atoms with Crippen molar-refractivity contribution in [3.05, 3.63) is 35.9 Å². The Balaban J connectivity index is 2.43. The van der Waals surface area contributed by atoms with Crippen LogP contribution in [0.2, 0.25) is 0 Å². The van der Waals surface area contributed by atoms with Crippen LogP contribution < -0.4 is 5.32 Å². The van der Waals surface area contributed by atoms with Crippen LogP contribution in [0.1, 0.15) is 32.8 Å². The number of aliphatic carboxylic acids is 1. The molecule has 0 radical (unpaired) electrons. The highest BCUT2D eigenvalue weighted by atomic mass is 16.4. The molecule has 0 aliphatic rings. The molecule has 0 spiro atoms. The number of carbonyl (C=O) groups excluding carboxylic acids is 2. The summed E-state index contributed by atoms with van der Waals surface area (Å²) in [6.07, 6.45) is 1.01. The number of carbonyl (C=O) groups is 3. The molecular formula is C18H26N2O4. The molecule has 0 fully saturated rings. The van der Waals surface area contributed by atoms with Crippen LogP contribution in [0.4, 0.5) is 0 Å². The summed E-state index contributed by atoms with van der Waals surface area (Å²) < 4.78 is 0. The lowest BCUT2D eigenvalue weighted by Crippen LogP contribution is -2.41. The molecule has 2 amide bonds. The largest absolute Gasteiger partial charge is 0.481 e. The van der Waals surface area contributed by atoms with Crippen molar-refractivity contribution in [2.24, 2.45) is 5.41 Å². The second-order valence-corrected chi connectivity index (χ2v) is 6.47. The van der Waals surface area contributed by atoms with Crippen LogP contribution in [0, 0.1) is 5.41 Å². The van der Waals surface area contributed by atoms with E-state index in [0.717, 1.165) is 5.56 Å². The molecule has 1 aromatic carbocycles. The molecular weight excluding hydrogens is 308 g/mol. The van der Waals surface area contributed by atoms with Gasteiger partial charge in [-0.3, -0.25) is 14.4 Å². The summed E-state index contributed by atoms with van der Waals surface area (Å²) in [6, 6.07) is 9.76. The molecule has 0 saturated carbocycles. The molecule has 0 atom stereocenters. The van der Waals surface area contributed by atoms with Crippen molar-refractivity contribution in [3.8, 4) is 0 Å². The monoisotopic (exact) mass is 334 g/mol. The average Bonchev–Trinajstić information content (AvgIpc) is 2.51. The molecule has 1 rings (SSSR count). The van der Waals surface area contributed by atoms with E-state index in [-0.39, 0.29) is 24.9 Å². The van der Waals surface area contributed by atoms with Crippen molar-refractivity contribution in [1.29, 1.82) is 0 Å². The highest BCUT2D eigenvalue weighted by Crippen LogP contribution is 2.19. The highest BCUT2D eigenvalue weighted by Gasteiger charge is 2.26. The third-order valence-corrected chi connectivity index (χ3v) is 3.94. The summed E-state index contributed by atoms with van der Waals surface area (Å²) in [5, 5.41) is 11.7. The van der Waals surface area contributed by atoms with Gasteiger partial charge in [0.1, 0.15) is 0 Å². The second kappa shape index (κ2) is 9.05. The lowest BCUT2D eigenvalue weighted by atomic mass is 9.90. The first-order chi connectivity index (χ1) is 11.2. The summed E-state index contributed by atoms with van der Waals surface area (Å²) in [4.78, 5) is 36.2. The Morgan fingerprint density at radius 3 is 2.33 bits per heavy atom. The summed E-state index contributed by atoms with van der Waals surface area (Å²) >= 11 is 0. The van der Waals surface area contributed by atoms with E-state index in [2.05, 4.69) is 5.32 Å². The maximum atomic E-state index is 12.0. The Hall–Kier alpha value is -2.37. The molecule has 6 nitrogen and oxygen atoms in total. The van der Waals surface area contributed by atoms with E-state index in [4.69, 9.17) is 5.11 Å². The lowest BCUT2D eigenvalue weighted by molar-refractivity contribution is -0.147. The Morgan fingerprint density at radius 1 is 1.17 bits per heavy atom. The fraction of sp³-hybridized carbons (Fsp3) is 0.500. The van der Waals surface area contributed by atoms with Crippen molar-refractivity contribution in [2.75, 3.05) is 19.6 Å². The van der Waals surface area contributed by atoms with Crippen LogP contribution in [-0.4, -0.2) is 47.4 Å². The summed E-state index contributed by atoms with van der Waals surface area (Å²) in [5.41, 5.74) is 0.216. The lowest BCUT2D eigenvalue weighted by Gasteiger charge is -2.22. The average molecular weight is 334 g/mol. The van der Waals surface area contributed by atoms with Gasteiger partial charge in [-0.2, -0.15) is 0 Å². The van der Waals surface area contributed by atoms with Gasteiger partial charge >= 0.3 is 5.97 Å². The fourth-order valence-electron chi connectivity index (χ4n) is 2.11. The first kappa shape index (κ1) is 19.7. The number of amides is 2. The van der Waals surface area contributed by atoms with Gasteiger partial charge in [0.25, 0.3) is 0 Å². The molecule has 0 unspecified atom stereocenters. The number of hydrogen-bond acceptors (Lipinski definition) is 3. The molecule has 132 valence electrons. The maximum absolute atomic E-state index is 12.0. The van der Waals surface area contributed by atoms with E-state index in [9.17, 15) is 14.4 Å². The Bertz CT molecular complexity index is 570. The van der Waals surface area contributed by atoms with Crippen LogP contribution >= 0.6 is 0 Å². The summed E-state index contributed by atoms with van der Waals surface area (Å²) in [5.74, 6) is -1.34. The third kappa shape index (κ3) is 6.81. The molecule has 0 heterocycles. The van der Waals surface area contributed by atoms with Gasteiger partial charge in [-0.05, 0) is 32.3 Å². The second-order valence-electron chi connectivity index (χ2n) is 6.47. The molecule has 0 bridgehead atoms. The van der Waals surface area contributed by atoms with Gasteiger partial charge in [-0.15, -0.1) is 0 Å². The standard InChI is InChI=1S/C18H26N2O4/c1-14(21)20(12-9-15-7-5-4-6-8-15)13-16(22)19-11-10-18(2,3)17(23)24/h4-8H,9-13H2,1-3H3,(H,19,22)(H,23,24). The van der Waals surface area contributed by atoms with E-state index in [0.29, 0.717) is 19.4 Å². The quantitative estimate of drug-likeness (QED) is 0.719. The van der Waals surface area contributed by atoms with E-state index < -0.39 is 11.4 Å². The minimum Gasteiger partial charge on any atom is -0.481 e. The van der Waals surface area contributed by atoms with E-state index in [1.807, 2.05) is 30.3 Å². The topological polar surface area (TPSA) is 86.7 Å². The smallest absolute Gasteiger partial charge is 0.309 e. The molecule has 0 aliphatic heterocycles. The highest BCUT2D eigenvalue weighted by molar-refractivity contribution is 5.83. The zero-order valence-electron chi connectivity index (χ0n) is 14.5. The van der Waals surface area contributed by atoms with Crippen molar-refractivity contribution in [3.63, 3.8) is 0 Å². The Kier molecular flexibility index (Phi) is 7.42. The molecule has 0 aromatic heterocycles. The first-order valence-electron chi connectivity index (χ1n) is 8.02. The number of carboxylic acids is 1. The zero-order chi connectivity index (χ0) is 18.2. The van der Waals surface area contributed by atoms with Crippen LogP contribution in [0.25, 0.3) is 0 Å². The molecule has 0 saturated heterocycles. The maximum Gasteiger partial charge on any atom is 0.309 e. The number of nitrogens with zero attached hydrogens (tertiary/aromatic N) is 1. The van der Waals surface area contributed by atoms with Gasteiger partial charge in [-0.25, -0.2) is 0 Å². The number of hydrogen-bond donors (Lipinski definition) is 2. The summed E-state index contributed by atoms with van der Waals surface area (Å²) in [6.45, 7) is 5.38. The number of rotatable bonds is 9. The Labute approximate surface area is 142 Å². The fourth-order valence-corrected chi connectivity index (χ4v) is 2.11. The normalized spacial score (nSPS) is 11.0. The molecule has 24 heavy (non-hydrogen) atoms. The van der Waals surface area contributed by atoms with Gasteiger partial charge < -0.3 is 15.3 Å². The SMILES string of the molecule is CC(=O)N(CCc1ccccc1)CC(=O)NCCC(C)(C)C(=O)O. The van der Waals surface area contributed by atoms with Gasteiger partial charge in [0, 0.05) is 20.0 Å². The number of benzene rings is 1. The van der Waals surface area contributed by atoms with Crippen molar-refractivity contribution < 1.29 is 19.5 Å². The van der Waals surface area contributed by atoms with Gasteiger partial charge in [-0.1, -0.05) is 30.3 Å². The van der Waals surface area contributed by atoms with Crippen LogP contribution in [0.3, 0.4) is 0 Å². The minimum atomic E-state index is -0.898. The van der Waals surface area contributed by atoms with Gasteiger partial charge in [0.15, 0.2) is 0 Å². The van der Waals surface area contributed by atoms with E-state index >= 15 is 0 Å². The summed E-state index contributed by atoms with van der Waals surface area (Å²) in [7, 11) is 0. The van der Waals surface area contributed by atoms with Crippen molar-refractivity contribution in [2.45, 2.75) is 33.6 Å². The van der Waals surface area contributed by atoms with Crippen molar-refractivity contribution in [1.82, 2.24) is 10.2 Å². The predicted octanol–water partition coefficient (Wildman–Crippen LogP) is 1.69. The molecule has 2 N–H and O–H groups in total. The molecule has 0 aliphatic carbocycles.